The molecule has 1 aliphatic heterocycles. The molecule has 1 aliphatic rings. The number of amides is 1. The maximum absolute atomic E-state index is 13.6. The summed E-state index contributed by atoms with van der Waals surface area (Å²) in [6.45, 7) is 2.48. The molecule has 0 aromatic heterocycles. The summed E-state index contributed by atoms with van der Waals surface area (Å²) in [7, 11) is 0. The number of carboxylic acids is 1. The van der Waals surface area contributed by atoms with Gasteiger partial charge >= 0.3 is 5.97 Å². The second-order valence-corrected chi connectivity index (χ2v) is 5.41. The molecule has 2 rings (SSSR count). The number of para-hydroxylation sites is 1. The largest absolute Gasteiger partial charge is 0.481 e. The number of hydrogen-bond acceptors (Lipinski definition) is 3. The number of halogens is 1. The molecule has 0 aliphatic carbocycles. The quantitative estimate of drug-likeness (QED) is 0.906. The third-order valence-corrected chi connectivity index (χ3v) is 3.83. The molecular formula is C16H20FNO4. The van der Waals surface area contributed by atoms with Crippen LogP contribution in [0.2, 0.25) is 0 Å². The van der Waals surface area contributed by atoms with Gasteiger partial charge in [-0.25, -0.2) is 4.39 Å². The van der Waals surface area contributed by atoms with Crippen LogP contribution < -0.4 is 4.74 Å². The Morgan fingerprint density at radius 2 is 2.18 bits per heavy atom. The number of aliphatic carboxylic acids is 1. The van der Waals surface area contributed by atoms with Crippen LogP contribution in [0, 0.1) is 11.7 Å². The lowest BCUT2D eigenvalue weighted by molar-refractivity contribution is -0.148. The van der Waals surface area contributed by atoms with Crippen molar-refractivity contribution in [3.8, 4) is 5.75 Å². The fourth-order valence-corrected chi connectivity index (χ4v) is 2.58. The summed E-state index contributed by atoms with van der Waals surface area (Å²) < 4.78 is 19.1. The van der Waals surface area contributed by atoms with Crippen molar-refractivity contribution < 1.29 is 23.8 Å². The summed E-state index contributed by atoms with van der Waals surface area (Å²) in [4.78, 5) is 25.1. The Hall–Kier alpha value is -2.11. The summed E-state index contributed by atoms with van der Waals surface area (Å²) in [6, 6.07) is 5.93. The van der Waals surface area contributed by atoms with Gasteiger partial charge in [-0.1, -0.05) is 19.1 Å². The number of piperidine rings is 1. The maximum atomic E-state index is 13.6. The van der Waals surface area contributed by atoms with Crippen LogP contribution in [-0.4, -0.2) is 41.1 Å². The Kier molecular flexibility index (Phi) is 5.35. The van der Waals surface area contributed by atoms with Gasteiger partial charge in [0.05, 0.1) is 5.92 Å². The Balaban J connectivity index is 2.05. The van der Waals surface area contributed by atoms with Crippen molar-refractivity contribution in [1.82, 2.24) is 4.90 Å². The molecule has 1 aromatic rings. The molecule has 22 heavy (non-hydrogen) atoms. The maximum Gasteiger partial charge on any atom is 0.308 e. The van der Waals surface area contributed by atoms with Crippen molar-refractivity contribution >= 4 is 11.9 Å². The van der Waals surface area contributed by atoms with Gasteiger partial charge in [-0.2, -0.15) is 0 Å². The molecule has 6 heteroatoms. The molecule has 1 N–H and O–H groups in total. The van der Waals surface area contributed by atoms with E-state index in [4.69, 9.17) is 9.84 Å². The predicted octanol–water partition coefficient (Wildman–Crippen LogP) is 2.31. The lowest BCUT2D eigenvalue weighted by Crippen LogP contribution is -2.48. The second-order valence-electron chi connectivity index (χ2n) is 5.41. The number of likely N-dealkylation sites (tertiary alicyclic amines) is 1. The third-order valence-electron chi connectivity index (χ3n) is 3.83. The van der Waals surface area contributed by atoms with Gasteiger partial charge in [0.25, 0.3) is 5.91 Å². The van der Waals surface area contributed by atoms with Crippen LogP contribution in [0.15, 0.2) is 24.3 Å². The highest BCUT2D eigenvalue weighted by Gasteiger charge is 2.32. The van der Waals surface area contributed by atoms with Crippen LogP contribution in [0.25, 0.3) is 0 Å². The predicted molar refractivity (Wildman–Crippen MR) is 78.0 cm³/mol. The topological polar surface area (TPSA) is 66.8 Å². The lowest BCUT2D eigenvalue weighted by atomic mass is 9.97. The molecule has 0 radical (unpaired) electrons. The van der Waals surface area contributed by atoms with Crippen molar-refractivity contribution in [2.24, 2.45) is 5.92 Å². The zero-order valence-corrected chi connectivity index (χ0v) is 12.5. The van der Waals surface area contributed by atoms with E-state index in [2.05, 4.69) is 0 Å². The third kappa shape index (κ3) is 3.75. The number of carbonyl (C=O) groups excluding carboxylic acids is 1. The van der Waals surface area contributed by atoms with Crippen molar-refractivity contribution in [2.45, 2.75) is 32.3 Å². The average Bonchev–Trinajstić information content (AvgIpc) is 2.53. The number of hydrogen-bond donors (Lipinski definition) is 1. The van der Waals surface area contributed by atoms with Crippen molar-refractivity contribution in [3.63, 3.8) is 0 Å². The SMILES string of the molecule is CC[C@@H](Oc1ccccc1F)C(=O)N1CCC[C@@H](C(=O)O)C1. The number of rotatable bonds is 5. The standard InChI is InChI=1S/C16H20FNO4/c1-2-13(22-14-8-4-3-7-12(14)17)15(19)18-9-5-6-11(10-18)16(20)21/h3-4,7-8,11,13H,2,5-6,9-10H2,1H3,(H,20,21)/t11-,13-/m1/s1. The van der Waals surface area contributed by atoms with Crippen LogP contribution >= 0.6 is 0 Å². The van der Waals surface area contributed by atoms with E-state index in [1.807, 2.05) is 0 Å². The van der Waals surface area contributed by atoms with Gasteiger partial charge in [-0.3, -0.25) is 9.59 Å². The van der Waals surface area contributed by atoms with Gasteiger partial charge in [-0.15, -0.1) is 0 Å². The molecular weight excluding hydrogens is 289 g/mol. The van der Waals surface area contributed by atoms with Gasteiger partial charge in [-0.05, 0) is 31.4 Å². The normalized spacial score (nSPS) is 19.5. The minimum absolute atomic E-state index is 0.0366. The molecule has 2 atom stereocenters. The molecule has 1 heterocycles. The van der Waals surface area contributed by atoms with E-state index < -0.39 is 23.8 Å². The van der Waals surface area contributed by atoms with Crippen LogP contribution in [0.5, 0.6) is 5.75 Å². The summed E-state index contributed by atoms with van der Waals surface area (Å²) in [5.41, 5.74) is 0. The Morgan fingerprint density at radius 1 is 1.45 bits per heavy atom. The van der Waals surface area contributed by atoms with Crippen LogP contribution in [-0.2, 0) is 9.59 Å². The van der Waals surface area contributed by atoms with Gasteiger partial charge in [0.15, 0.2) is 17.7 Å². The Labute approximate surface area is 128 Å². The monoisotopic (exact) mass is 309 g/mol. The first kappa shape index (κ1) is 16.3. The molecule has 120 valence electrons. The van der Waals surface area contributed by atoms with E-state index in [9.17, 15) is 14.0 Å². The minimum atomic E-state index is -0.888. The highest BCUT2D eigenvalue weighted by atomic mass is 19.1. The smallest absolute Gasteiger partial charge is 0.308 e. The lowest BCUT2D eigenvalue weighted by Gasteiger charge is -2.33. The highest BCUT2D eigenvalue weighted by molar-refractivity contribution is 5.82. The van der Waals surface area contributed by atoms with Crippen LogP contribution in [0.4, 0.5) is 4.39 Å². The van der Waals surface area contributed by atoms with E-state index in [1.54, 1.807) is 19.1 Å². The van der Waals surface area contributed by atoms with Gasteiger partial charge < -0.3 is 14.7 Å². The molecule has 0 spiro atoms. The van der Waals surface area contributed by atoms with Crippen LogP contribution in [0.3, 0.4) is 0 Å². The molecule has 0 saturated carbocycles. The number of ether oxygens (including phenoxy) is 1. The molecule has 0 unspecified atom stereocenters. The fraction of sp³-hybridized carbons (Fsp3) is 0.500. The van der Waals surface area contributed by atoms with Crippen LogP contribution in [0.1, 0.15) is 26.2 Å². The zero-order valence-electron chi connectivity index (χ0n) is 12.5. The number of carboxylic acid groups (broad SMARTS) is 1. The van der Waals surface area contributed by atoms with E-state index in [0.717, 1.165) is 0 Å². The second kappa shape index (κ2) is 7.24. The Bertz CT molecular complexity index is 549. The fourth-order valence-electron chi connectivity index (χ4n) is 2.58. The molecule has 1 amide bonds. The number of nitrogens with zero attached hydrogens (tertiary/aromatic N) is 1. The highest BCUT2D eigenvalue weighted by Crippen LogP contribution is 2.22. The summed E-state index contributed by atoms with van der Waals surface area (Å²) in [5.74, 6) is -2.19. The summed E-state index contributed by atoms with van der Waals surface area (Å²) in [6.07, 6.45) is 0.814. The molecule has 1 fully saturated rings. The zero-order chi connectivity index (χ0) is 16.1. The molecule has 0 bridgehead atoms. The first-order valence-electron chi connectivity index (χ1n) is 7.45. The van der Waals surface area contributed by atoms with Gasteiger partial charge in [0.1, 0.15) is 0 Å². The van der Waals surface area contributed by atoms with Crippen molar-refractivity contribution in [3.05, 3.63) is 30.1 Å². The first-order chi connectivity index (χ1) is 10.5. The number of carbonyl (C=O) groups is 2. The molecule has 1 saturated heterocycles. The summed E-state index contributed by atoms with van der Waals surface area (Å²) >= 11 is 0. The van der Waals surface area contributed by atoms with E-state index in [0.29, 0.717) is 25.8 Å². The van der Waals surface area contributed by atoms with Gasteiger partial charge in [0.2, 0.25) is 0 Å². The number of benzene rings is 1. The molecule has 1 aromatic carbocycles. The average molecular weight is 309 g/mol. The minimum Gasteiger partial charge on any atom is -0.481 e. The van der Waals surface area contributed by atoms with E-state index in [1.165, 1.54) is 17.0 Å². The summed E-state index contributed by atoms with van der Waals surface area (Å²) in [5, 5.41) is 9.09. The Morgan fingerprint density at radius 3 is 2.82 bits per heavy atom. The van der Waals surface area contributed by atoms with Crippen molar-refractivity contribution in [1.29, 1.82) is 0 Å². The van der Waals surface area contributed by atoms with E-state index in [-0.39, 0.29) is 18.2 Å². The molecule has 5 nitrogen and oxygen atoms in total. The van der Waals surface area contributed by atoms with E-state index >= 15 is 0 Å². The van der Waals surface area contributed by atoms with Gasteiger partial charge in [0, 0.05) is 13.1 Å². The van der Waals surface area contributed by atoms with Crippen molar-refractivity contribution in [2.75, 3.05) is 13.1 Å². The first-order valence-corrected chi connectivity index (χ1v) is 7.45.